The summed E-state index contributed by atoms with van der Waals surface area (Å²) in [6.45, 7) is 1.94. The van der Waals surface area contributed by atoms with E-state index in [1.807, 2.05) is 6.92 Å². The third kappa shape index (κ3) is 3.00. The lowest BCUT2D eigenvalue weighted by Gasteiger charge is -2.24. The summed E-state index contributed by atoms with van der Waals surface area (Å²) in [5.74, 6) is 0.464. The first-order valence-electron chi connectivity index (χ1n) is 7.49. The lowest BCUT2D eigenvalue weighted by atomic mass is 10.0. The Hall–Kier alpha value is -2.74. The summed E-state index contributed by atoms with van der Waals surface area (Å²) >= 11 is 0. The highest BCUT2D eigenvalue weighted by Gasteiger charge is 2.20. The maximum absolute atomic E-state index is 13.1. The van der Waals surface area contributed by atoms with Crippen molar-refractivity contribution in [1.29, 1.82) is 0 Å². The second-order valence-corrected chi connectivity index (χ2v) is 5.58. The van der Waals surface area contributed by atoms with Crippen LogP contribution in [0.2, 0.25) is 0 Å². The van der Waals surface area contributed by atoms with Crippen molar-refractivity contribution in [3.8, 4) is 0 Å². The van der Waals surface area contributed by atoms with E-state index in [0.717, 1.165) is 5.56 Å². The van der Waals surface area contributed by atoms with Crippen molar-refractivity contribution in [2.45, 2.75) is 19.1 Å². The number of halogens is 1. The summed E-state index contributed by atoms with van der Waals surface area (Å²) in [5, 5.41) is 8.03. The van der Waals surface area contributed by atoms with Crippen molar-refractivity contribution in [3.63, 3.8) is 0 Å². The van der Waals surface area contributed by atoms with Crippen LogP contribution in [0.25, 0.3) is 11.0 Å². The van der Waals surface area contributed by atoms with Crippen LogP contribution in [0.15, 0.2) is 30.5 Å². The second-order valence-electron chi connectivity index (χ2n) is 5.58. The van der Waals surface area contributed by atoms with Crippen LogP contribution in [-0.4, -0.2) is 32.9 Å². The van der Waals surface area contributed by atoms with Gasteiger partial charge in [-0.15, -0.1) is 0 Å². The van der Waals surface area contributed by atoms with Crippen LogP contribution in [-0.2, 0) is 11.8 Å². The molecule has 0 aliphatic heterocycles. The smallest absolute Gasteiger partial charge is 0.227 e. The number of hydrogen-bond acceptors (Lipinski definition) is 6. The lowest BCUT2D eigenvalue weighted by molar-refractivity contribution is 0.0905. The fraction of sp³-hybridized carbons (Fsp3) is 0.312. The van der Waals surface area contributed by atoms with Crippen molar-refractivity contribution in [3.05, 3.63) is 41.8 Å². The quantitative estimate of drug-likeness (QED) is 0.746. The average molecular weight is 330 g/mol. The zero-order valence-electron chi connectivity index (χ0n) is 13.7. The number of fused-ring (bicyclic) bond motifs is 1. The molecule has 1 aromatic carbocycles. The molecule has 0 bridgehead atoms. The molecule has 0 fully saturated rings. The molecule has 3 N–H and O–H groups in total. The number of rotatable bonds is 5. The van der Waals surface area contributed by atoms with Gasteiger partial charge in [0.25, 0.3) is 0 Å². The number of benzene rings is 1. The van der Waals surface area contributed by atoms with Crippen LogP contribution >= 0.6 is 0 Å². The molecule has 3 rings (SSSR count). The zero-order chi connectivity index (χ0) is 17.3. The fourth-order valence-electron chi connectivity index (χ4n) is 2.67. The van der Waals surface area contributed by atoms with E-state index >= 15 is 0 Å². The number of nitrogen functional groups attached to an aromatic ring is 1. The first-order valence-corrected chi connectivity index (χ1v) is 7.49. The van der Waals surface area contributed by atoms with Crippen LogP contribution in [0.5, 0.6) is 0 Å². The normalized spacial score (nSPS) is 13.8. The second kappa shape index (κ2) is 6.40. The highest BCUT2D eigenvalue weighted by molar-refractivity contribution is 5.86. The summed E-state index contributed by atoms with van der Waals surface area (Å²) < 4.78 is 20.3. The Balaban J connectivity index is 1.86. The third-order valence-corrected chi connectivity index (χ3v) is 3.88. The minimum Gasteiger partial charge on any atom is -0.383 e. The lowest BCUT2D eigenvalue weighted by Crippen LogP contribution is -2.27. The Morgan fingerprint density at radius 1 is 1.25 bits per heavy atom. The number of nitrogens with two attached hydrogens (primary N) is 1. The van der Waals surface area contributed by atoms with Crippen LogP contribution in [0.3, 0.4) is 0 Å². The molecule has 0 radical (unpaired) electrons. The van der Waals surface area contributed by atoms with Crippen molar-refractivity contribution < 1.29 is 9.13 Å². The molecule has 0 saturated heterocycles. The van der Waals surface area contributed by atoms with Crippen LogP contribution in [0.1, 0.15) is 18.6 Å². The van der Waals surface area contributed by atoms with Gasteiger partial charge in [-0.2, -0.15) is 15.1 Å². The number of hydrogen-bond donors (Lipinski definition) is 2. The van der Waals surface area contributed by atoms with Crippen molar-refractivity contribution in [2.75, 3.05) is 18.2 Å². The van der Waals surface area contributed by atoms with E-state index in [4.69, 9.17) is 10.5 Å². The Morgan fingerprint density at radius 3 is 2.62 bits per heavy atom. The molecule has 3 aromatic rings. The van der Waals surface area contributed by atoms with E-state index in [2.05, 4.69) is 20.4 Å². The van der Waals surface area contributed by atoms with Gasteiger partial charge in [0.2, 0.25) is 5.95 Å². The molecule has 24 heavy (non-hydrogen) atoms. The number of ether oxygens (including phenoxy) is 1. The average Bonchev–Trinajstić information content (AvgIpc) is 2.92. The summed E-state index contributed by atoms with van der Waals surface area (Å²) in [7, 11) is 3.39. The minimum absolute atomic E-state index is 0.162. The molecule has 2 atom stereocenters. The van der Waals surface area contributed by atoms with E-state index < -0.39 is 0 Å². The maximum atomic E-state index is 13.1. The minimum atomic E-state index is -0.294. The van der Waals surface area contributed by atoms with Gasteiger partial charge < -0.3 is 15.8 Å². The maximum Gasteiger partial charge on any atom is 0.227 e. The molecule has 2 aromatic heterocycles. The van der Waals surface area contributed by atoms with Crippen molar-refractivity contribution in [1.82, 2.24) is 19.7 Å². The summed E-state index contributed by atoms with van der Waals surface area (Å²) in [5.41, 5.74) is 7.47. The Kier molecular flexibility index (Phi) is 4.30. The molecule has 2 heterocycles. The van der Waals surface area contributed by atoms with Gasteiger partial charge in [-0.25, -0.2) is 4.39 Å². The highest BCUT2D eigenvalue weighted by atomic mass is 19.1. The van der Waals surface area contributed by atoms with E-state index in [9.17, 15) is 4.39 Å². The molecule has 7 nitrogen and oxygen atoms in total. The molecule has 0 saturated carbocycles. The van der Waals surface area contributed by atoms with Crippen LogP contribution in [0, 0.1) is 5.82 Å². The monoisotopic (exact) mass is 330 g/mol. The van der Waals surface area contributed by atoms with Gasteiger partial charge >= 0.3 is 0 Å². The molecule has 0 aliphatic rings. The number of aryl methyl sites for hydroxylation is 1. The van der Waals surface area contributed by atoms with Gasteiger partial charge in [-0.1, -0.05) is 12.1 Å². The van der Waals surface area contributed by atoms with E-state index in [0.29, 0.717) is 22.8 Å². The predicted octanol–water partition coefficient (Wildman–Crippen LogP) is 2.27. The number of aromatic nitrogens is 4. The zero-order valence-corrected chi connectivity index (χ0v) is 13.7. The molecule has 8 heteroatoms. The predicted molar refractivity (Wildman–Crippen MR) is 90.0 cm³/mol. The summed E-state index contributed by atoms with van der Waals surface area (Å²) in [6, 6.07) is 6.04. The SMILES string of the molecule is CO[C@@H](c1ccc(F)cc1)[C@H](C)Nc1nc(N)c2cnn(C)c2n1. The molecule has 0 amide bonds. The first kappa shape index (κ1) is 16.1. The standard InChI is InChI=1S/C16H19FN6O/c1-9(13(24-3)10-4-6-11(17)7-5-10)20-16-21-14(18)12-8-19-23(2)15(12)22-16/h4-9,13H,1-3H3,(H3,18,20,21,22)/t9-,13+/m0/s1. The molecular weight excluding hydrogens is 311 g/mol. The molecule has 0 aliphatic carbocycles. The number of methoxy groups -OCH3 is 1. The molecule has 0 unspecified atom stereocenters. The van der Waals surface area contributed by atoms with Gasteiger partial charge in [-0.05, 0) is 24.6 Å². The van der Waals surface area contributed by atoms with E-state index in [1.165, 1.54) is 12.1 Å². The van der Waals surface area contributed by atoms with Gasteiger partial charge in [0, 0.05) is 14.2 Å². The largest absolute Gasteiger partial charge is 0.383 e. The summed E-state index contributed by atoms with van der Waals surface area (Å²) in [6.07, 6.45) is 1.34. The van der Waals surface area contributed by atoms with Crippen molar-refractivity contribution in [2.24, 2.45) is 7.05 Å². The number of nitrogens with zero attached hydrogens (tertiary/aromatic N) is 4. The molecule has 126 valence electrons. The van der Waals surface area contributed by atoms with Gasteiger partial charge in [-0.3, -0.25) is 4.68 Å². The van der Waals surface area contributed by atoms with Crippen LogP contribution < -0.4 is 11.1 Å². The fourth-order valence-corrected chi connectivity index (χ4v) is 2.67. The van der Waals surface area contributed by atoms with Crippen LogP contribution in [0.4, 0.5) is 16.2 Å². The molecular formula is C16H19FN6O. The Morgan fingerprint density at radius 2 is 1.96 bits per heavy atom. The van der Waals surface area contributed by atoms with Crippen molar-refractivity contribution >= 4 is 22.8 Å². The highest BCUT2D eigenvalue weighted by Crippen LogP contribution is 2.24. The Labute approximate surface area is 138 Å². The third-order valence-electron chi connectivity index (χ3n) is 3.88. The van der Waals surface area contributed by atoms with Gasteiger partial charge in [0.15, 0.2) is 5.65 Å². The Bertz CT molecular complexity index is 848. The molecule has 0 spiro atoms. The number of anilines is 2. The number of nitrogens with one attached hydrogen (secondary N) is 1. The van der Waals surface area contributed by atoms with E-state index in [-0.39, 0.29) is 18.0 Å². The topological polar surface area (TPSA) is 90.9 Å². The summed E-state index contributed by atoms with van der Waals surface area (Å²) in [4.78, 5) is 8.71. The van der Waals surface area contributed by atoms with Gasteiger partial charge in [0.1, 0.15) is 17.7 Å². The first-order chi connectivity index (χ1) is 11.5. The van der Waals surface area contributed by atoms with E-state index in [1.54, 1.807) is 37.2 Å². The van der Waals surface area contributed by atoms with Gasteiger partial charge in [0.05, 0.1) is 17.6 Å².